The Morgan fingerprint density at radius 3 is 2.48 bits per heavy atom. The summed E-state index contributed by atoms with van der Waals surface area (Å²) in [5, 5.41) is 1.79. The molecule has 120 valence electrons. The summed E-state index contributed by atoms with van der Waals surface area (Å²) in [5.41, 5.74) is 0. The van der Waals surface area contributed by atoms with Crippen LogP contribution < -0.4 is 4.72 Å². The average molecular weight is 332 g/mol. The van der Waals surface area contributed by atoms with Crippen LogP contribution in [0.4, 0.5) is 0 Å². The molecule has 1 atom stereocenters. The molecule has 0 aromatic carbocycles. The molecule has 0 bridgehead atoms. The Kier molecular flexibility index (Phi) is 5.79. The second-order valence-corrected chi connectivity index (χ2v) is 8.88. The van der Waals surface area contributed by atoms with Gasteiger partial charge in [-0.2, -0.15) is 0 Å². The molecule has 1 saturated heterocycles. The molecule has 2 heterocycles. The molecule has 0 spiro atoms. The van der Waals surface area contributed by atoms with Gasteiger partial charge in [0, 0.05) is 38.8 Å². The number of piperazine rings is 1. The lowest BCUT2D eigenvalue weighted by Crippen LogP contribution is -2.54. The van der Waals surface area contributed by atoms with Crippen LogP contribution in [0, 0.1) is 5.92 Å². The number of likely N-dealkylation sites (N-methyl/N-ethyl adjacent to an activating group) is 1. The van der Waals surface area contributed by atoms with Crippen LogP contribution in [0.25, 0.3) is 0 Å². The predicted molar refractivity (Wildman–Crippen MR) is 87.2 cm³/mol. The lowest BCUT2D eigenvalue weighted by molar-refractivity contribution is 0.0905. The van der Waals surface area contributed by atoms with Gasteiger partial charge < -0.3 is 4.90 Å². The van der Waals surface area contributed by atoms with Crippen molar-refractivity contribution in [3.05, 3.63) is 17.5 Å². The molecule has 7 heteroatoms. The average Bonchev–Trinajstić information content (AvgIpc) is 2.95. The van der Waals surface area contributed by atoms with Gasteiger partial charge in [0.15, 0.2) is 0 Å². The minimum Gasteiger partial charge on any atom is -0.304 e. The van der Waals surface area contributed by atoms with Crippen molar-refractivity contribution in [2.24, 2.45) is 5.92 Å². The van der Waals surface area contributed by atoms with Gasteiger partial charge in [-0.1, -0.05) is 19.9 Å². The normalized spacial score (nSPS) is 20.0. The molecule has 1 aromatic heterocycles. The first kappa shape index (κ1) is 16.9. The van der Waals surface area contributed by atoms with Gasteiger partial charge >= 0.3 is 0 Å². The number of hydrogen-bond donors (Lipinski definition) is 1. The third-order valence-corrected chi connectivity index (χ3v) is 6.84. The van der Waals surface area contributed by atoms with Crippen molar-refractivity contribution < 1.29 is 8.42 Å². The monoisotopic (exact) mass is 331 g/mol. The second-order valence-electron chi connectivity index (χ2n) is 5.93. The van der Waals surface area contributed by atoms with Gasteiger partial charge in [-0.05, 0) is 24.4 Å². The topological polar surface area (TPSA) is 52.7 Å². The number of sulfonamides is 1. The zero-order chi connectivity index (χ0) is 15.5. The van der Waals surface area contributed by atoms with Crippen LogP contribution in [-0.2, 0) is 10.0 Å². The molecular formula is C14H25N3O2S2. The van der Waals surface area contributed by atoms with Crippen LogP contribution in [0.1, 0.15) is 13.8 Å². The van der Waals surface area contributed by atoms with E-state index in [4.69, 9.17) is 0 Å². The Hall–Kier alpha value is -0.470. The first-order valence-electron chi connectivity index (χ1n) is 7.36. The van der Waals surface area contributed by atoms with Crippen molar-refractivity contribution in [2.75, 3.05) is 39.8 Å². The lowest BCUT2D eigenvalue weighted by atomic mass is 10.0. The van der Waals surface area contributed by atoms with Crippen molar-refractivity contribution in [2.45, 2.75) is 24.1 Å². The fraction of sp³-hybridized carbons (Fsp3) is 0.714. The molecule has 0 aliphatic carbocycles. The van der Waals surface area contributed by atoms with Crippen LogP contribution in [0.5, 0.6) is 0 Å². The van der Waals surface area contributed by atoms with Gasteiger partial charge in [0.25, 0.3) is 0 Å². The Morgan fingerprint density at radius 1 is 1.29 bits per heavy atom. The zero-order valence-corrected chi connectivity index (χ0v) is 14.6. The molecule has 0 amide bonds. The summed E-state index contributed by atoms with van der Waals surface area (Å²) < 4.78 is 27.6. The van der Waals surface area contributed by atoms with Gasteiger partial charge in [-0.3, -0.25) is 4.90 Å². The molecule has 1 aromatic rings. The van der Waals surface area contributed by atoms with Crippen LogP contribution >= 0.6 is 11.3 Å². The highest BCUT2D eigenvalue weighted by atomic mass is 32.2. The largest absolute Gasteiger partial charge is 0.304 e. The van der Waals surface area contributed by atoms with Crippen molar-refractivity contribution in [1.82, 2.24) is 14.5 Å². The van der Waals surface area contributed by atoms with E-state index in [-0.39, 0.29) is 6.04 Å². The minimum atomic E-state index is -3.36. The van der Waals surface area contributed by atoms with Crippen LogP contribution in [0.15, 0.2) is 21.7 Å². The van der Waals surface area contributed by atoms with E-state index in [1.165, 1.54) is 11.3 Å². The molecule has 1 fully saturated rings. The summed E-state index contributed by atoms with van der Waals surface area (Å²) in [6.07, 6.45) is 0. The minimum absolute atomic E-state index is 0.244. The SMILES string of the molecule is CC(C)C(CNS(=O)(=O)c1cccs1)N1CCN(C)CC1. The quantitative estimate of drug-likeness (QED) is 0.854. The summed E-state index contributed by atoms with van der Waals surface area (Å²) in [4.78, 5) is 4.71. The third-order valence-electron chi connectivity index (χ3n) is 4.02. The molecule has 1 N–H and O–H groups in total. The lowest BCUT2D eigenvalue weighted by Gasteiger charge is -2.39. The van der Waals surface area contributed by atoms with Crippen molar-refractivity contribution in [1.29, 1.82) is 0 Å². The van der Waals surface area contributed by atoms with Crippen molar-refractivity contribution in [3.8, 4) is 0 Å². The first-order valence-corrected chi connectivity index (χ1v) is 9.72. The summed E-state index contributed by atoms with van der Waals surface area (Å²) in [5.74, 6) is 0.416. The van der Waals surface area contributed by atoms with E-state index in [1.807, 2.05) is 0 Å². The highest BCUT2D eigenvalue weighted by Gasteiger charge is 2.26. The van der Waals surface area contributed by atoms with Gasteiger partial charge in [-0.25, -0.2) is 13.1 Å². The van der Waals surface area contributed by atoms with Gasteiger partial charge in [-0.15, -0.1) is 11.3 Å². The first-order chi connectivity index (χ1) is 9.90. The molecule has 0 radical (unpaired) electrons. The van der Waals surface area contributed by atoms with Gasteiger partial charge in [0.05, 0.1) is 0 Å². The molecule has 5 nitrogen and oxygen atoms in total. The zero-order valence-electron chi connectivity index (χ0n) is 12.9. The Bertz CT molecular complexity index is 520. The molecule has 0 saturated carbocycles. The second kappa shape index (κ2) is 7.19. The molecular weight excluding hydrogens is 306 g/mol. The number of nitrogens with one attached hydrogen (secondary N) is 1. The Labute approximate surface area is 132 Å². The van der Waals surface area contributed by atoms with Crippen LogP contribution in [0.3, 0.4) is 0 Å². The van der Waals surface area contributed by atoms with E-state index < -0.39 is 10.0 Å². The van der Waals surface area contributed by atoms with Crippen molar-refractivity contribution in [3.63, 3.8) is 0 Å². The van der Waals surface area contributed by atoms with Gasteiger partial charge in [0.2, 0.25) is 10.0 Å². The third kappa shape index (κ3) is 4.50. The number of rotatable bonds is 6. The summed E-state index contributed by atoms with van der Waals surface area (Å²) in [6, 6.07) is 3.65. The maximum absolute atomic E-state index is 12.2. The highest BCUT2D eigenvalue weighted by molar-refractivity contribution is 7.91. The molecule has 1 aliphatic rings. The maximum Gasteiger partial charge on any atom is 0.250 e. The number of nitrogens with zero attached hydrogens (tertiary/aromatic N) is 2. The number of hydrogen-bond acceptors (Lipinski definition) is 5. The van der Waals surface area contributed by atoms with E-state index in [1.54, 1.807) is 17.5 Å². The smallest absolute Gasteiger partial charge is 0.250 e. The predicted octanol–water partition coefficient (Wildman–Crippen LogP) is 1.30. The van der Waals surface area contributed by atoms with E-state index in [0.29, 0.717) is 16.7 Å². The fourth-order valence-corrected chi connectivity index (χ4v) is 4.71. The van der Waals surface area contributed by atoms with E-state index in [0.717, 1.165) is 26.2 Å². The van der Waals surface area contributed by atoms with Crippen LogP contribution in [-0.4, -0.2) is 64.0 Å². The van der Waals surface area contributed by atoms with E-state index >= 15 is 0 Å². The number of thiophene rings is 1. The summed E-state index contributed by atoms with van der Waals surface area (Å²) in [7, 11) is -1.24. The fourth-order valence-electron chi connectivity index (χ4n) is 2.62. The molecule has 2 rings (SSSR count). The molecule has 21 heavy (non-hydrogen) atoms. The van der Waals surface area contributed by atoms with E-state index in [9.17, 15) is 8.42 Å². The Morgan fingerprint density at radius 2 is 1.95 bits per heavy atom. The van der Waals surface area contributed by atoms with Gasteiger partial charge in [0.1, 0.15) is 4.21 Å². The standard InChI is InChI=1S/C14H25N3O2S2/c1-12(2)13(17-8-6-16(3)7-9-17)11-15-21(18,19)14-5-4-10-20-14/h4-5,10,12-13,15H,6-9,11H2,1-3H3. The summed E-state index contributed by atoms with van der Waals surface area (Å²) in [6.45, 7) is 8.87. The molecule has 1 unspecified atom stereocenters. The maximum atomic E-state index is 12.2. The highest BCUT2D eigenvalue weighted by Crippen LogP contribution is 2.17. The molecule has 1 aliphatic heterocycles. The van der Waals surface area contributed by atoms with Crippen LogP contribution in [0.2, 0.25) is 0 Å². The van der Waals surface area contributed by atoms with E-state index in [2.05, 4.69) is 35.4 Å². The Balaban J connectivity index is 1.97. The van der Waals surface area contributed by atoms with Crippen molar-refractivity contribution >= 4 is 21.4 Å². The summed E-state index contributed by atoms with van der Waals surface area (Å²) >= 11 is 1.26.